The lowest BCUT2D eigenvalue weighted by atomic mass is 9.75. The Balaban J connectivity index is 2.97. The summed E-state index contributed by atoms with van der Waals surface area (Å²) >= 11 is 0. The number of rotatable bonds is 6. The molecule has 100 valence electrons. The fourth-order valence-corrected chi connectivity index (χ4v) is 2.29. The van der Waals surface area contributed by atoms with Crippen molar-refractivity contribution in [2.75, 3.05) is 12.3 Å². The second kappa shape index (κ2) is 5.87. The van der Waals surface area contributed by atoms with Crippen molar-refractivity contribution in [2.24, 2.45) is 17.1 Å². The summed E-state index contributed by atoms with van der Waals surface area (Å²) in [5, 5.41) is 9.48. The van der Waals surface area contributed by atoms with Crippen LogP contribution in [-0.4, -0.2) is 17.6 Å². The van der Waals surface area contributed by atoms with E-state index in [2.05, 4.69) is 0 Å². The predicted molar refractivity (Wildman–Crippen MR) is 73.1 cm³/mol. The first-order chi connectivity index (χ1) is 8.39. The van der Waals surface area contributed by atoms with Crippen molar-refractivity contribution in [3.05, 3.63) is 29.8 Å². The van der Waals surface area contributed by atoms with Crippen LogP contribution in [0, 0.1) is 11.3 Å². The first-order valence-electron chi connectivity index (χ1n) is 6.17. The van der Waals surface area contributed by atoms with E-state index in [1.54, 1.807) is 12.1 Å². The quantitative estimate of drug-likeness (QED) is 0.672. The van der Waals surface area contributed by atoms with Crippen LogP contribution < -0.4 is 11.5 Å². The molecule has 5 N–H and O–H groups in total. The highest BCUT2D eigenvalue weighted by atomic mass is 16.4. The maximum Gasteiger partial charge on any atom is 0.311 e. The molecule has 1 aromatic carbocycles. The van der Waals surface area contributed by atoms with E-state index in [1.807, 2.05) is 26.0 Å². The largest absolute Gasteiger partial charge is 0.481 e. The molecular formula is C14H22N2O2. The minimum absolute atomic E-state index is 0.144. The van der Waals surface area contributed by atoms with Crippen molar-refractivity contribution in [1.82, 2.24) is 0 Å². The SMILES string of the molecule is CC(C)CC(CN)(Cc1ccc(N)cc1)C(=O)O. The summed E-state index contributed by atoms with van der Waals surface area (Å²) in [6.07, 6.45) is 1.01. The monoisotopic (exact) mass is 250 g/mol. The molecule has 0 aromatic heterocycles. The lowest BCUT2D eigenvalue weighted by Crippen LogP contribution is -2.41. The molecule has 0 heterocycles. The number of anilines is 1. The number of nitrogen functional groups attached to an aromatic ring is 1. The van der Waals surface area contributed by atoms with Gasteiger partial charge in [-0.2, -0.15) is 0 Å². The number of hydrogen-bond donors (Lipinski definition) is 3. The Morgan fingerprint density at radius 1 is 1.33 bits per heavy atom. The van der Waals surface area contributed by atoms with Crippen LogP contribution in [0.3, 0.4) is 0 Å². The van der Waals surface area contributed by atoms with Gasteiger partial charge in [0.1, 0.15) is 0 Å². The van der Waals surface area contributed by atoms with E-state index in [9.17, 15) is 9.90 Å². The normalized spacial score (nSPS) is 14.4. The highest BCUT2D eigenvalue weighted by Gasteiger charge is 2.37. The fraction of sp³-hybridized carbons (Fsp3) is 0.500. The zero-order chi connectivity index (χ0) is 13.8. The second-order valence-corrected chi connectivity index (χ2v) is 5.31. The Morgan fingerprint density at radius 2 is 1.89 bits per heavy atom. The van der Waals surface area contributed by atoms with Crippen molar-refractivity contribution in [3.63, 3.8) is 0 Å². The van der Waals surface area contributed by atoms with E-state index >= 15 is 0 Å². The summed E-state index contributed by atoms with van der Waals surface area (Å²) in [7, 11) is 0. The molecule has 1 atom stereocenters. The maximum atomic E-state index is 11.6. The van der Waals surface area contributed by atoms with Gasteiger partial charge in [0.25, 0.3) is 0 Å². The predicted octanol–water partition coefficient (Wildman–Crippen LogP) is 1.89. The summed E-state index contributed by atoms with van der Waals surface area (Å²) in [5.74, 6) is -0.533. The molecule has 0 radical (unpaired) electrons. The molecule has 18 heavy (non-hydrogen) atoms. The number of benzene rings is 1. The third-order valence-corrected chi connectivity index (χ3v) is 3.17. The maximum absolute atomic E-state index is 11.6. The zero-order valence-corrected chi connectivity index (χ0v) is 11.0. The van der Waals surface area contributed by atoms with Gasteiger partial charge in [0.2, 0.25) is 0 Å². The van der Waals surface area contributed by atoms with E-state index in [4.69, 9.17) is 11.5 Å². The molecule has 0 aliphatic heterocycles. The number of carboxylic acids is 1. The van der Waals surface area contributed by atoms with Crippen LogP contribution in [0.5, 0.6) is 0 Å². The van der Waals surface area contributed by atoms with Crippen LogP contribution >= 0.6 is 0 Å². The number of carbonyl (C=O) groups is 1. The van der Waals surface area contributed by atoms with E-state index in [1.165, 1.54) is 0 Å². The van der Waals surface area contributed by atoms with Crippen molar-refractivity contribution < 1.29 is 9.90 Å². The van der Waals surface area contributed by atoms with Crippen molar-refractivity contribution in [1.29, 1.82) is 0 Å². The van der Waals surface area contributed by atoms with E-state index in [-0.39, 0.29) is 6.54 Å². The molecule has 0 spiro atoms. The number of nitrogens with two attached hydrogens (primary N) is 2. The van der Waals surface area contributed by atoms with E-state index < -0.39 is 11.4 Å². The molecule has 1 rings (SSSR count). The molecule has 0 fully saturated rings. The van der Waals surface area contributed by atoms with Crippen LogP contribution in [0.15, 0.2) is 24.3 Å². The molecule has 0 aliphatic rings. The van der Waals surface area contributed by atoms with Crippen molar-refractivity contribution >= 4 is 11.7 Å². The van der Waals surface area contributed by atoms with Gasteiger partial charge in [-0.15, -0.1) is 0 Å². The molecule has 1 unspecified atom stereocenters. The van der Waals surface area contributed by atoms with Crippen molar-refractivity contribution in [2.45, 2.75) is 26.7 Å². The molecule has 1 aromatic rings. The third kappa shape index (κ3) is 3.47. The number of hydrogen-bond acceptors (Lipinski definition) is 3. The summed E-state index contributed by atoms with van der Waals surface area (Å²) in [6, 6.07) is 7.30. The first-order valence-corrected chi connectivity index (χ1v) is 6.17. The molecule has 0 aliphatic carbocycles. The van der Waals surface area contributed by atoms with Gasteiger partial charge in [0, 0.05) is 12.2 Å². The average Bonchev–Trinajstić information content (AvgIpc) is 2.30. The minimum atomic E-state index is -0.885. The van der Waals surface area contributed by atoms with Crippen molar-refractivity contribution in [3.8, 4) is 0 Å². The molecule has 4 nitrogen and oxygen atoms in total. The first kappa shape index (κ1) is 14.5. The Hall–Kier alpha value is -1.55. The molecule has 0 saturated heterocycles. The smallest absolute Gasteiger partial charge is 0.311 e. The zero-order valence-electron chi connectivity index (χ0n) is 11.0. The molecular weight excluding hydrogens is 228 g/mol. The van der Waals surface area contributed by atoms with Gasteiger partial charge >= 0.3 is 5.97 Å². The van der Waals surface area contributed by atoms with Gasteiger partial charge in [0.05, 0.1) is 5.41 Å². The van der Waals surface area contributed by atoms with Crippen LogP contribution in [0.1, 0.15) is 25.8 Å². The standard InChI is InChI=1S/C14H22N2O2/c1-10(2)7-14(9-15,13(17)18)8-11-3-5-12(16)6-4-11/h3-6,10H,7-9,15-16H2,1-2H3,(H,17,18). The summed E-state index contributed by atoms with van der Waals surface area (Å²) in [6.45, 7) is 4.16. The van der Waals surface area contributed by atoms with E-state index in [0.717, 1.165) is 5.56 Å². The Morgan fingerprint density at radius 3 is 2.28 bits per heavy atom. The van der Waals surface area contributed by atoms with Crippen LogP contribution in [0.2, 0.25) is 0 Å². The van der Waals surface area contributed by atoms with Gasteiger partial charge in [0.15, 0.2) is 0 Å². The van der Waals surface area contributed by atoms with Crippen LogP contribution in [0.4, 0.5) is 5.69 Å². The summed E-state index contributed by atoms with van der Waals surface area (Å²) in [4.78, 5) is 11.6. The highest BCUT2D eigenvalue weighted by Crippen LogP contribution is 2.30. The van der Waals surface area contributed by atoms with Gasteiger partial charge in [-0.05, 0) is 36.5 Å². The average molecular weight is 250 g/mol. The minimum Gasteiger partial charge on any atom is -0.481 e. The van der Waals surface area contributed by atoms with Gasteiger partial charge in [-0.25, -0.2) is 0 Å². The van der Waals surface area contributed by atoms with Crippen LogP contribution in [0.25, 0.3) is 0 Å². The highest BCUT2D eigenvalue weighted by molar-refractivity contribution is 5.75. The molecule has 4 heteroatoms. The molecule has 0 amide bonds. The Kier molecular flexibility index (Phi) is 4.73. The van der Waals surface area contributed by atoms with Gasteiger partial charge in [-0.3, -0.25) is 4.79 Å². The molecule has 0 bridgehead atoms. The second-order valence-electron chi connectivity index (χ2n) is 5.31. The lowest BCUT2D eigenvalue weighted by molar-refractivity contribution is -0.149. The van der Waals surface area contributed by atoms with Gasteiger partial charge in [-0.1, -0.05) is 26.0 Å². The topological polar surface area (TPSA) is 89.3 Å². The Labute approximate surface area is 108 Å². The Bertz CT molecular complexity index is 401. The summed E-state index contributed by atoms with van der Waals surface area (Å²) < 4.78 is 0. The molecule has 0 saturated carbocycles. The fourth-order valence-electron chi connectivity index (χ4n) is 2.29. The summed E-state index contributed by atoms with van der Waals surface area (Å²) in [5.41, 5.74) is 12.1. The van der Waals surface area contributed by atoms with Gasteiger partial charge < -0.3 is 16.6 Å². The van der Waals surface area contributed by atoms with Crippen LogP contribution in [-0.2, 0) is 11.2 Å². The number of aliphatic carboxylic acids is 1. The lowest BCUT2D eigenvalue weighted by Gasteiger charge is -2.29. The van der Waals surface area contributed by atoms with E-state index in [0.29, 0.717) is 24.4 Å². The number of carboxylic acid groups (broad SMARTS) is 1. The third-order valence-electron chi connectivity index (χ3n) is 3.17.